The number of esters is 1. The average Bonchev–Trinajstić information content (AvgIpc) is 2.54. The van der Waals surface area contributed by atoms with E-state index in [9.17, 15) is 9.59 Å². The molecule has 0 heterocycles. The third-order valence-electron chi connectivity index (χ3n) is 3.49. The molecule has 0 saturated carbocycles. The molecule has 0 bridgehead atoms. The predicted molar refractivity (Wildman–Crippen MR) is 93.1 cm³/mol. The third kappa shape index (κ3) is 11.9. The first-order chi connectivity index (χ1) is 11.9. The predicted octanol–water partition coefficient (Wildman–Crippen LogP) is 3.50. The monoisotopic (exact) mass is 362 g/mol. The minimum absolute atomic E-state index is 0.0383. The number of hydrogen-bond acceptors (Lipinski definition) is 6. The molecule has 1 atom stereocenters. The molecule has 148 valence electrons. The minimum Gasteiger partial charge on any atom is -0.481 e. The summed E-state index contributed by atoms with van der Waals surface area (Å²) in [4.78, 5) is 22.9. The van der Waals surface area contributed by atoms with Crippen LogP contribution in [0.3, 0.4) is 0 Å². The number of carboxylic acid groups (broad SMARTS) is 1. The first-order valence-electron chi connectivity index (χ1n) is 9.22. The lowest BCUT2D eigenvalue weighted by molar-refractivity contribution is -0.381. The zero-order valence-corrected chi connectivity index (χ0v) is 16.0. The zero-order chi connectivity index (χ0) is 19.1. The number of rotatable bonds is 16. The summed E-state index contributed by atoms with van der Waals surface area (Å²) in [5.41, 5.74) is 0. The number of unbranched alkanes of at least 4 members (excludes halogenated alkanes) is 2. The normalized spacial score (nSPS) is 12.8. The van der Waals surface area contributed by atoms with Crippen molar-refractivity contribution in [2.24, 2.45) is 0 Å². The van der Waals surface area contributed by atoms with Gasteiger partial charge in [0.1, 0.15) is 0 Å². The molecule has 0 aliphatic carbocycles. The van der Waals surface area contributed by atoms with Crippen LogP contribution in [0, 0.1) is 0 Å². The lowest BCUT2D eigenvalue weighted by atomic mass is 10.1. The van der Waals surface area contributed by atoms with Crippen molar-refractivity contribution < 1.29 is 33.6 Å². The van der Waals surface area contributed by atoms with Crippen LogP contribution in [-0.4, -0.2) is 48.9 Å². The van der Waals surface area contributed by atoms with Crippen molar-refractivity contribution in [3.05, 3.63) is 0 Å². The topological polar surface area (TPSA) is 91.3 Å². The molecule has 0 amide bonds. The second-order valence-corrected chi connectivity index (χ2v) is 5.91. The molecular formula is C18H34O7. The van der Waals surface area contributed by atoms with Gasteiger partial charge in [0, 0.05) is 13.3 Å². The quantitative estimate of drug-likeness (QED) is 0.255. The van der Waals surface area contributed by atoms with Crippen molar-refractivity contribution in [2.75, 3.05) is 19.8 Å². The van der Waals surface area contributed by atoms with Crippen molar-refractivity contribution in [3.63, 3.8) is 0 Å². The van der Waals surface area contributed by atoms with Crippen LogP contribution in [0.25, 0.3) is 0 Å². The van der Waals surface area contributed by atoms with E-state index < -0.39 is 24.0 Å². The Balaban J connectivity index is 4.91. The van der Waals surface area contributed by atoms with E-state index in [2.05, 4.69) is 0 Å². The van der Waals surface area contributed by atoms with Gasteiger partial charge in [-0.2, -0.15) is 0 Å². The molecule has 0 fully saturated rings. The SMILES string of the molecule is CCCCOC(C)(OCCCC)OC(CCCC(=O)O)C(=O)OCC. The molecule has 0 aromatic heterocycles. The molecule has 0 spiro atoms. The standard InChI is InChI=1S/C18H34O7/c1-5-8-13-23-18(4,24-14-9-6-2)25-15(17(21)22-7-3)11-10-12-16(19)20/h15H,5-14H2,1-4H3,(H,19,20). The summed E-state index contributed by atoms with van der Waals surface area (Å²) >= 11 is 0. The number of carbonyl (C=O) groups is 2. The van der Waals surface area contributed by atoms with Gasteiger partial charge in [0.2, 0.25) is 0 Å². The number of carbonyl (C=O) groups excluding carboxylic acids is 1. The van der Waals surface area contributed by atoms with Gasteiger partial charge < -0.3 is 24.1 Å². The van der Waals surface area contributed by atoms with E-state index in [0.717, 1.165) is 25.7 Å². The van der Waals surface area contributed by atoms with Gasteiger partial charge in [0.05, 0.1) is 19.8 Å². The van der Waals surface area contributed by atoms with Gasteiger partial charge in [-0.25, -0.2) is 4.79 Å². The maximum absolute atomic E-state index is 12.2. The van der Waals surface area contributed by atoms with Gasteiger partial charge in [0.15, 0.2) is 6.10 Å². The largest absolute Gasteiger partial charge is 0.481 e. The Bertz CT molecular complexity index is 360. The van der Waals surface area contributed by atoms with Crippen LogP contribution in [-0.2, 0) is 28.5 Å². The Morgan fingerprint density at radius 1 is 1.00 bits per heavy atom. The molecule has 0 aliphatic heterocycles. The highest BCUT2D eigenvalue weighted by atomic mass is 16.9. The van der Waals surface area contributed by atoms with E-state index in [0.29, 0.717) is 19.6 Å². The van der Waals surface area contributed by atoms with Crippen LogP contribution in [0.5, 0.6) is 0 Å². The summed E-state index contributed by atoms with van der Waals surface area (Å²) in [7, 11) is 0. The van der Waals surface area contributed by atoms with E-state index in [1.807, 2.05) is 13.8 Å². The summed E-state index contributed by atoms with van der Waals surface area (Å²) < 4.78 is 22.3. The molecule has 1 unspecified atom stereocenters. The fourth-order valence-corrected chi connectivity index (χ4v) is 2.07. The summed E-state index contributed by atoms with van der Waals surface area (Å²) in [6, 6.07) is 0. The minimum atomic E-state index is -1.36. The first-order valence-corrected chi connectivity index (χ1v) is 9.22. The van der Waals surface area contributed by atoms with Crippen LogP contribution < -0.4 is 0 Å². The van der Waals surface area contributed by atoms with Crippen molar-refractivity contribution >= 4 is 11.9 Å². The molecule has 0 aromatic carbocycles. The second-order valence-electron chi connectivity index (χ2n) is 5.91. The molecule has 0 aromatic rings. The van der Waals surface area contributed by atoms with Crippen LogP contribution in [0.2, 0.25) is 0 Å². The van der Waals surface area contributed by atoms with Crippen molar-refractivity contribution in [1.82, 2.24) is 0 Å². The Morgan fingerprint density at radius 3 is 2.00 bits per heavy atom. The van der Waals surface area contributed by atoms with Crippen LogP contribution in [0.1, 0.15) is 72.6 Å². The second kappa shape index (κ2) is 14.0. The summed E-state index contributed by atoms with van der Waals surface area (Å²) in [6.45, 7) is 8.57. The van der Waals surface area contributed by atoms with Gasteiger partial charge in [0.25, 0.3) is 5.97 Å². The molecular weight excluding hydrogens is 328 g/mol. The first kappa shape index (κ1) is 23.8. The lowest BCUT2D eigenvalue weighted by Crippen LogP contribution is -2.43. The van der Waals surface area contributed by atoms with Crippen LogP contribution in [0.4, 0.5) is 0 Å². The molecule has 7 nitrogen and oxygen atoms in total. The van der Waals surface area contributed by atoms with Gasteiger partial charge in [-0.1, -0.05) is 26.7 Å². The Kier molecular flexibility index (Phi) is 13.4. The molecule has 1 N–H and O–H groups in total. The molecule has 0 rings (SSSR count). The number of hydrogen-bond donors (Lipinski definition) is 1. The lowest BCUT2D eigenvalue weighted by Gasteiger charge is -2.33. The van der Waals surface area contributed by atoms with E-state index in [4.69, 9.17) is 24.1 Å². The Labute approximate surface area is 151 Å². The van der Waals surface area contributed by atoms with E-state index >= 15 is 0 Å². The van der Waals surface area contributed by atoms with E-state index in [1.54, 1.807) is 13.8 Å². The van der Waals surface area contributed by atoms with Gasteiger partial charge in [-0.3, -0.25) is 4.79 Å². The maximum atomic E-state index is 12.2. The smallest absolute Gasteiger partial charge is 0.335 e. The van der Waals surface area contributed by atoms with Gasteiger partial charge in [-0.15, -0.1) is 0 Å². The number of ether oxygens (including phenoxy) is 4. The average molecular weight is 362 g/mol. The Morgan fingerprint density at radius 2 is 1.56 bits per heavy atom. The molecule has 0 saturated heterocycles. The van der Waals surface area contributed by atoms with Crippen molar-refractivity contribution in [1.29, 1.82) is 0 Å². The third-order valence-corrected chi connectivity index (χ3v) is 3.49. The molecule has 0 radical (unpaired) electrons. The summed E-state index contributed by atoms with van der Waals surface area (Å²) in [6.07, 6.45) is 3.19. The molecule has 7 heteroatoms. The maximum Gasteiger partial charge on any atom is 0.335 e. The summed E-state index contributed by atoms with van der Waals surface area (Å²) in [5.74, 6) is -2.80. The highest BCUT2D eigenvalue weighted by Gasteiger charge is 2.34. The Hall–Kier alpha value is -1.18. The van der Waals surface area contributed by atoms with Crippen LogP contribution >= 0.6 is 0 Å². The highest BCUT2D eigenvalue weighted by molar-refractivity contribution is 5.74. The van der Waals surface area contributed by atoms with Crippen molar-refractivity contribution in [2.45, 2.75) is 84.7 Å². The van der Waals surface area contributed by atoms with Crippen LogP contribution in [0.15, 0.2) is 0 Å². The number of carboxylic acids is 1. The van der Waals surface area contributed by atoms with Gasteiger partial charge in [-0.05, 0) is 32.6 Å². The highest BCUT2D eigenvalue weighted by Crippen LogP contribution is 2.22. The number of aliphatic carboxylic acids is 1. The van der Waals surface area contributed by atoms with Crippen molar-refractivity contribution in [3.8, 4) is 0 Å². The van der Waals surface area contributed by atoms with E-state index in [1.165, 1.54) is 0 Å². The van der Waals surface area contributed by atoms with Gasteiger partial charge >= 0.3 is 11.9 Å². The molecule has 0 aliphatic rings. The zero-order valence-electron chi connectivity index (χ0n) is 16.0. The fraction of sp³-hybridized carbons (Fsp3) is 0.889. The van der Waals surface area contributed by atoms with E-state index in [-0.39, 0.29) is 19.4 Å². The summed E-state index contributed by atoms with van der Waals surface area (Å²) in [5, 5.41) is 8.78. The fourth-order valence-electron chi connectivity index (χ4n) is 2.07. The molecule has 25 heavy (non-hydrogen) atoms.